The highest BCUT2D eigenvalue weighted by molar-refractivity contribution is 5.53. The summed E-state index contributed by atoms with van der Waals surface area (Å²) >= 11 is 0. The topological polar surface area (TPSA) is 63.4 Å². The number of piperidine rings is 1. The Hall–Kier alpha value is -1.49. The second-order valence-corrected chi connectivity index (χ2v) is 6.02. The zero-order chi connectivity index (χ0) is 14.5. The molecule has 1 aromatic rings. The van der Waals surface area contributed by atoms with Gasteiger partial charge < -0.3 is 20.7 Å². The summed E-state index contributed by atoms with van der Waals surface area (Å²) in [5.74, 6) is 1.85. The minimum Gasteiger partial charge on any atom is -0.476 e. The Kier molecular flexibility index (Phi) is 5.06. The molecule has 2 rings (SSSR count). The molecule has 1 aromatic heterocycles. The van der Waals surface area contributed by atoms with Gasteiger partial charge >= 0.3 is 0 Å². The van der Waals surface area contributed by atoms with Gasteiger partial charge in [0, 0.05) is 6.04 Å². The van der Waals surface area contributed by atoms with Crippen molar-refractivity contribution in [2.75, 3.05) is 37.8 Å². The highest BCUT2D eigenvalue weighted by atomic mass is 16.5. The predicted molar refractivity (Wildman–Crippen MR) is 83.1 cm³/mol. The largest absolute Gasteiger partial charge is 0.476 e. The number of nitrogens with zero attached hydrogens (tertiary/aromatic N) is 2. The van der Waals surface area contributed by atoms with Crippen molar-refractivity contribution in [3.63, 3.8) is 0 Å². The molecule has 0 bridgehead atoms. The van der Waals surface area contributed by atoms with Crippen LogP contribution in [0, 0.1) is 5.92 Å². The number of hydrogen-bond donors (Lipinski definition) is 2. The second kappa shape index (κ2) is 6.79. The molecular formula is C15H26N4O. The number of nitrogen functional groups attached to an aromatic ring is 1. The third-order valence-corrected chi connectivity index (χ3v) is 3.51. The SMILES string of the molecule is CC(C)COc1nc(NC2CCN(C)CC2)ccc1N. The van der Waals surface area contributed by atoms with Gasteiger partial charge in [-0.05, 0) is 51.0 Å². The van der Waals surface area contributed by atoms with Crippen LogP contribution in [0.15, 0.2) is 12.1 Å². The molecule has 0 unspecified atom stereocenters. The van der Waals surface area contributed by atoms with Crippen LogP contribution < -0.4 is 15.8 Å². The van der Waals surface area contributed by atoms with E-state index in [0.29, 0.717) is 30.1 Å². The molecule has 0 atom stereocenters. The van der Waals surface area contributed by atoms with Gasteiger partial charge in [0.25, 0.3) is 0 Å². The fraction of sp³-hybridized carbons (Fsp3) is 0.667. The summed E-state index contributed by atoms with van der Waals surface area (Å²) in [4.78, 5) is 6.84. The first-order chi connectivity index (χ1) is 9.54. The summed E-state index contributed by atoms with van der Waals surface area (Å²) in [7, 11) is 2.16. The third-order valence-electron chi connectivity index (χ3n) is 3.51. The van der Waals surface area contributed by atoms with Crippen molar-refractivity contribution < 1.29 is 4.74 Å². The molecule has 5 nitrogen and oxygen atoms in total. The van der Waals surface area contributed by atoms with E-state index in [2.05, 4.69) is 36.1 Å². The van der Waals surface area contributed by atoms with Crippen molar-refractivity contribution in [3.05, 3.63) is 12.1 Å². The minimum absolute atomic E-state index is 0.460. The van der Waals surface area contributed by atoms with Crippen LogP contribution in [0.4, 0.5) is 11.5 Å². The quantitative estimate of drug-likeness (QED) is 0.864. The van der Waals surface area contributed by atoms with Crippen LogP contribution in [-0.2, 0) is 0 Å². The molecule has 0 aromatic carbocycles. The molecule has 3 N–H and O–H groups in total. The number of pyridine rings is 1. The van der Waals surface area contributed by atoms with E-state index in [1.54, 1.807) is 0 Å². The van der Waals surface area contributed by atoms with Crippen LogP contribution in [0.2, 0.25) is 0 Å². The van der Waals surface area contributed by atoms with Crippen molar-refractivity contribution in [1.82, 2.24) is 9.88 Å². The lowest BCUT2D eigenvalue weighted by Crippen LogP contribution is -2.36. The van der Waals surface area contributed by atoms with Crippen LogP contribution in [-0.4, -0.2) is 42.7 Å². The summed E-state index contributed by atoms with van der Waals surface area (Å²) in [6.45, 7) is 7.11. The van der Waals surface area contributed by atoms with Crippen LogP contribution >= 0.6 is 0 Å². The Labute approximate surface area is 121 Å². The highest BCUT2D eigenvalue weighted by Crippen LogP contribution is 2.23. The van der Waals surface area contributed by atoms with Crippen LogP contribution in [0.1, 0.15) is 26.7 Å². The van der Waals surface area contributed by atoms with Crippen molar-refractivity contribution in [1.29, 1.82) is 0 Å². The molecule has 2 heterocycles. The summed E-state index contributed by atoms with van der Waals surface area (Å²) in [5.41, 5.74) is 6.50. The summed E-state index contributed by atoms with van der Waals surface area (Å²) in [5, 5.41) is 3.48. The van der Waals surface area contributed by atoms with Gasteiger partial charge in [-0.3, -0.25) is 0 Å². The number of anilines is 2. The molecule has 0 aliphatic carbocycles. The minimum atomic E-state index is 0.460. The Morgan fingerprint density at radius 3 is 2.75 bits per heavy atom. The maximum Gasteiger partial charge on any atom is 0.239 e. The molecule has 1 fully saturated rings. The molecular weight excluding hydrogens is 252 g/mol. The van der Waals surface area contributed by atoms with Crippen LogP contribution in [0.25, 0.3) is 0 Å². The molecule has 0 spiro atoms. The summed E-state index contributed by atoms with van der Waals surface area (Å²) in [6, 6.07) is 4.27. The number of likely N-dealkylation sites (tertiary alicyclic amines) is 1. The standard InChI is InChI=1S/C15H26N4O/c1-11(2)10-20-15-13(16)4-5-14(18-15)17-12-6-8-19(3)9-7-12/h4-5,11-12H,6-10,16H2,1-3H3,(H,17,18). The van der Waals surface area contributed by atoms with Gasteiger partial charge in [-0.2, -0.15) is 4.98 Å². The van der Waals surface area contributed by atoms with E-state index in [4.69, 9.17) is 10.5 Å². The first-order valence-corrected chi connectivity index (χ1v) is 7.39. The fourth-order valence-electron chi connectivity index (χ4n) is 2.25. The zero-order valence-electron chi connectivity index (χ0n) is 12.7. The van der Waals surface area contributed by atoms with Gasteiger partial charge in [0.1, 0.15) is 5.82 Å². The van der Waals surface area contributed by atoms with E-state index in [1.165, 1.54) is 0 Å². The Morgan fingerprint density at radius 2 is 2.10 bits per heavy atom. The van der Waals surface area contributed by atoms with Gasteiger partial charge in [-0.25, -0.2) is 0 Å². The van der Waals surface area contributed by atoms with Gasteiger partial charge in [-0.15, -0.1) is 0 Å². The van der Waals surface area contributed by atoms with E-state index in [-0.39, 0.29) is 0 Å². The molecule has 1 saturated heterocycles. The average molecular weight is 278 g/mol. The maximum atomic E-state index is 5.91. The number of ether oxygens (including phenoxy) is 1. The molecule has 112 valence electrons. The number of nitrogens with two attached hydrogens (primary N) is 1. The summed E-state index contributed by atoms with van der Waals surface area (Å²) in [6.07, 6.45) is 2.29. The normalized spacial score (nSPS) is 17.4. The molecule has 0 radical (unpaired) electrons. The van der Waals surface area contributed by atoms with E-state index >= 15 is 0 Å². The highest BCUT2D eigenvalue weighted by Gasteiger charge is 2.17. The van der Waals surface area contributed by atoms with E-state index in [1.807, 2.05) is 12.1 Å². The zero-order valence-corrected chi connectivity index (χ0v) is 12.7. The number of hydrogen-bond acceptors (Lipinski definition) is 5. The first-order valence-electron chi connectivity index (χ1n) is 7.39. The van der Waals surface area contributed by atoms with E-state index in [9.17, 15) is 0 Å². The molecule has 0 saturated carbocycles. The average Bonchev–Trinajstić information content (AvgIpc) is 2.42. The van der Waals surface area contributed by atoms with Gasteiger partial charge in [0.15, 0.2) is 0 Å². The van der Waals surface area contributed by atoms with Crippen molar-refractivity contribution in [2.24, 2.45) is 5.92 Å². The van der Waals surface area contributed by atoms with Gasteiger partial charge in [0.2, 0.25) is 5.88 Å². The van der Waals surface area contributed by atoms with Crippen molar-refractivity contribution in [2.45, 2.75) is 32.7 Å². The van der Waals surface area contributed by atoms with E-state index in [0.717, 1.165) is 31.7 Å². The number of aromatic nitrogens is 1. The number of nitrogens with one attached hydrogen (secondary N) is 1. The Balaban J connectivity index is 1.96. The summed E-state index contributed by atoms with van der Waals surface area (Å²) < 4.78 is 5.66. The lowest BCUT2D eigenvalue weighted by Gasteiger charge is -2.29. The third kappa shape index (κ3) is 4.27. The molecule has 20 heavy (non-hydrogen) atoms. The monoisotopic (exact) mass is 278 g/mol. The smallest absolute Gasteiger partial charge is 0.239 e. The van der Waals surface area contributed by atoms with Gasteiger partial charge in [-0.1, -0.05) is 13.8 Å². The molecule has 0 amide bonds. The van der Waals surface area contributed by atoms with Crippen molar-refractivity contribution >= 4 is 11.5 Å². The van der Waals surface area contributed by atoms with Crippen molar-refractivity contribution in [3.8, 4) is 5.88 Å². The first kappa shape index (κ1) is 14.9. The number of rotatable bonds is 5. The Bertz CT molecular complexity index is 428. The lowest BCUT2D eigenvalue weighted by molar-refractivity contribution is 0.260. The molecule has 5 heteroatoms. The molecule has 1 aliphatic heterocycles. The second-order valence-electron chi connectivity index (χ2n) is 6.02. The van der Waals surface area contributed by atoms with E-state index < -0.39 is 0 Å². The van der Waals surface area contributed by atoms with Gasteiger partial charge in [0.05, 0.1) is 12.3 Å². The lowest BCUT2D eigenvalue weighted by atomic mass is 10.1. The molecule has 1 aliphatic rings. The van der Waals surface area contributed by atoms with Crippen LogP contribution in [0.3, 0.4) is 0 Å². The predicted octanol–water partition coefficient (Wildman–Crippen LogP) is 2.20. The maximum absolute atomic E-state index is 5.91. The Morgan fingerprint density at radius 1 is 1.40 bits per heavy atom. The fourth-order valence-corrected chi connectivity index (χ4v) is 2.25. The van der Waals surface area contributed by atoms with Crippen LogP contribution in [0.5, 0.6) is 5.88 Å².